The molecular weight excluding hydrogens is 464 g/mol. The Morgan fingerprint density at radius 3 is 2.74 bits per heavy atom. The van der Waals surface area contributed by atoms with Gasteiger partial charge in [-0.25, -0.2) is 14.8 Å². The molecule has 2 heterocycles. The number of benzene rings is 2. The van der Waals surface area contributed by atoms with E-state index in [0.29, 0.717) is 44.2 Å². The van der Waals surface area contributed by atoms with Crippen LogP contribution in [0.5, 0.6) is 0 Å². The zero-order valence-electron chi connectivity index (χ0n) is 19.0. The molecule has 0 bridgehead atoms. The van der Waals surface area contributed by atoms with Crippen molar-refractivity contribution in [3.8, 4) is 0 Å². The maximum Gasteiger partial charge on any atom is 0.336 e. The number of hydrogen-bond donors (Lipinski definition) is 1. The van der Waals surface area contributed by atoms with Crippen molar-refractivity contribution in [2.24, 2.45) is 7.05 Å². The van der Waals surface area contributed by atoms with Crippen molar-refractivity contribution in [3.05, 3.63) is 87.4 Å². The summed E-state index contributed by atoms with van der Waals surface area (Å²) in [6.45, 7) is 0. The molecule has 2 aromatic carbocycles. The second-order valence-electron chi connectivity index (χ2n) is 8.42. The second-order valence-corrected chi connectivity index (χ2v) is 9.43. The first-order valence-corrected chi connectivity index (χ1v) is 12.0. The summed E-state index contributed by atoms with van der Waals surface area (Å²) in [5.41, 5.74) is 3.90. The molecule has 0 fully saturated rings. The van der Waals surface area contributed by atoms with Gasteiger partial charge >= 0.3 is 5.97 Å². The van der Waals surface area contributed by atoms with E-state index in [9.17, 15) is 20.0 Å². The van der Waals surface area contributed by atoms with Crippen molar-refractivity contribution < 1.29 is 14.8 Å². The highest BCUT2D eigenvalue weighted by Crippen LogP contribution is 2.38. The van der Waals surface area contributed by atoms with Gasteiger partial charge in [0.05, 0.1) is 26.6 Å². The van der Waals surface area contributed by atoms with Crippen LogP contribution in [0, 0.1) is 10.1 Å². The molecule has 0 saturated carbocycles. The van der Waals surface area contributed by atoms with Crippen LogP contribution in [0.4, 0.5) is 5.69 Å². The number of aromatic carboxylic acids is 1. The van der Waals surface area contributed by atoms with Gasteiger partial charge in [0.1, 0.15) is 0 Å². The van der Waals surface area contributed by atoms with Crippen LogP contribution in [0.2, 0.25) is 0 Å². The number of pyridine rings is 1. The first-order valence-electron chi connectivity index (χ1n) is 11.2. The second kappa shape index (κ2) is 9.34. The molecule has 8 nitrogen and oxygen atoms in total. The van der Waals surface area contributed by atoms with Gasteiger partial charge in [0.25, 0.3) is 5.69 Å². The first kappa shape index (κ1) is 22.8. The average Bonchev–Trinajstić information content (AvgIpc) is 3.14. The van der Waals surface area contributed by atoms with Crippen LogP contribution >= 0.6 is 11.8 Å². The zero-order chi connectivity index (χ0) is 24.5. The molecule has 1 aliphatic carbocycles. The van der Waals surface area contributed by atoms with E-state index in [1.165, 1.54) is 11.8 Å². The number of nitro groups is 1. The topological polar surface area (TPSA) is 111 Å². The molecule has 0 unspecified atom stereocenters. The third-order valence-corrected chi connectivity index (χ3v) is 7.27. The molecule has 5 rings (SSSR count). The van der Waals surface area contributed by atoms with Crippen molar-refractivity contribution in [2.75, 3.05) is 0 Å². The Labute approximate surface area is 205 Å². The highest BCUT2D eigenvalue weighted by molar-refractivity contribution is 7.99. The Kier molecular flexibility index (Phi) is 6.08. The summed E-state index contributed by atoms with van der Waals surface area (Å²) < 4.78 is 1.81. The van der Waals surface area contributed by atoms with E-state index in [0.717, 1.165) is 30.4 Å². The highest BCUT2D eigenvalue weighted by Gasteiger charge is 2.24. The normalized spacial score (nSPS) is 14.6. The smallest absolute Gasteiger partial charge is 0.336 e. The molecule has 0 radical (unpaired) electrons. The minimum Gasteiger partial charge on any atom is -0.478 e. The highest BCUT2D eigenvalue weighted by atomic mass is 32.2. The Hall–Kier alpha value is -3.98. The number of carbonyl (C=O) groups is 1. The Morgan fingerprint density at radius 2 is 2.00 bits per heavy atom. The first-order chi connectivity index (χ1) is 16.9. The fourth-order valence-corrected chi connectivity index (χ4v) is 5.37. The number of aromatic nitrogens is 3. The predicted octanol–water partition coefficient (Wildman–Crippen LogP) is 5.99. The lowest BCUT2D eigenvalue weighted by Gasteiger charge is -2.14. The van der Waals surface area contributed by atoms with Gasteiger partial charge in [0, 0.05) is 30.9 Å². The van der Waals surface area contributed by atoms with Crippen molar-refractivity contribution in [1.82, 2.24) is 14.5 Å². The number of nitro benzene ring substituents is 1. The minimum atomic E-state index is -0.965. The van der Waals surface area contributed by atoms with E-state index in [1.807, 2.05) is 42.0 Å². The lowest BCUT2D eigenvalue weighted by molar-refractivity contribution is -0.387. The van der Waals surface area contributed by atoms with Crippen LogP contribution in [0.25, 0.3) is 22.6 Å². The number of fused-ring (bicyclic) bond motifs is 2. The van der Waals surface area contributed by atoms with Gasteiger partial charge in [0.15, 0.2) is 5.16 Å². The van der Waals surface area contributed by atoms with Crippen LogP contribution < -0.4 is 0 Å². The van der Waals surface area contributed by atoms with Crippen molar-refractivity contribution in [2.45, 2.75) is 35.7 Å². The molecule has 0 atom stereocenters. The van der Waals surface area contributed by atoms with Gasteiger partial charge in [-0.05, 0) is 72.4 Å². The number of allylic oxidation sites excluding steroid dienone is 1. The third kappa shape index (κ3) is 4.42. The van der Waals surface area contributed by atoms with Gasteiger partial charge in [-0.15, -0.1) is 0 Å². The Bertz CT molecular complexity index is 1510. The summed E-state index contributed by atoms with van der Waals surface area (Å²) in [6, 6.07) is 12.4. The van der Waals surface area contributed by atoms with Crippen LogP contribution in [-0.4, -0.2) is 30.5 Å². The van der Waals surface area contributed by atoms with Gasteiger partial charge in [0.2, 0.25) is 0 Å². The molecule has 4 aromatic rings. The number of carboxylic acids is 1. The summed E-state index contributed by atoms with van der Waals surface area (Å²) >= 11 is 1.24. The summed E-state index contributed by atoms with van der Waals surface area (Å²) in [5, 5.41) is 23.2. The molecule has 0 amide bonds. The Balaban J connectivity index is 1.62. The lowest BCUT2D eigenvalue weighted by atomic mass is 9.94. The summed E-state index contributed by atoms with van der Waals surface area (Å²) in [5.74, 6) is -0.965. The molecule has 176 valence electrons. The molecular formula is C26H22N4O4S. The zero-order valence-corrected chi connectivity index (χ0v) is 19.8. The quantitative estimate of drug-likeness (QED) is 0.209. The largest absolute Gasteiger partial charge is 0.478 e. The van der Waals surface area contributed by atoms with E-state index >= 15 is 0 Å². The van der Waals surface area contributed by atoms with Crippen LogP contribution in [0.3, 0.4) is 0 Å². The lowest BCUT2D eigenvalue weighted by Crippen LogP contribution is -2.08. The van der Waals surface area contributed by atoms with Crippen LogP contribution in [0.1, 0.15) is 46.4 Å². The van der Waals surface area contributed by atoms with E-state index in [4.69, 9.17) is 4.98 Å². The van der Waals surface area contributed by atoms with Gasteiger partial charge in [-0.2, -0.15) is 0 Å². The van der Waals surface area contributed by atoms with Gasteiger partial charge in [-0.1, -0.05) is 24.3 Å². The molecule has 1 aliphatic rings. The third-order valence-electron chi connectivity index (χ3n) is 6.13. The van der Waals surface area contributed by atoms with Gasteiger partial charge in [-0.3, -0.25) is 10.1 Å². The average molecular weight is 487 g/mol. The van der Waals surface area contributed by atoms with Crippen molar-refractivity contribution >= 4 is 46.0 Å². The van der Waals surface area contributed by atoms with Crippen LogP contribution in [0.15, 0.2) is 64.9 Å². The predicted molar refractivity (Wildman–Crippen MR) is 135 cm³/mol. The maximum absolute atomic E-state index is 12.2. The monoisotopic (exact) mass is 486 g/mol. The Morgan fingerprint density at radius 1 is 1.20 bits per heavy atom. The molecule has 0 saturated heterocycles. The number of hydrogen-bond acceptors (Lipinski definition) is 6. The van der Waals surface area contributed by atoms with Crippen LogP contribution in [-0.2, 0) is 13.5 Å². The van der Waals surface area contributed by atoms with Gasteiger partial charge < -0.3 is 9.67 Å². The molecule has 1 N–H and O–H groups in total. The number of aryl methyl sites for hydroxylation is 1. The number of nitrogens with zero attached hydrogens (tertiary/aromatic N) is 4. The number of imidazole rings is 1. The molecule has 0 spiro atoms. The van der Waals surface area contributed by atoms with E-state index < -0.39 is 5.97 Å². The van der Waals surface area contributed by atoms with E-state index in [1.54, 1.807) is 30.6 Å². The fourth-order valence-electron chi connectivity index (χ4n) is 4.48. The van der Waals surface area contributed by atoms with E-state index in [2.05, 4.69) is 4.98 Å². The summed E-state index contributed by atoms with van der Waals surface area (Å²) in [7, 11) is 1.84. The molecule has 9 heteroatoms. The number of rotatable bonds is 5. The molecule has 0 aliphatic heterocycles. The summed E-state index contributed by atoms with van der Waals surface area (Å²) in [6.07, 6.45) is 8.42. The standard InChI is InChI=1S/C26H22N4O4S/c1-29-13-12-27-26(29)35-22-11-10-16(15-21(22)30(33)34)14-17-6-2-3-8-19-23(25(31)32)18-7-4-5-9-20(18)28-24(17)19/h4-5,7,9-15H,2-3,6,8H2,1H3,(H,31,32)/b17-14-. The fraction of sp³-hybridized carbons (Fsp3) is 0.192. The van der Waals surface area contributed by atoms with E-state index in [-0.39, 0.29) is 10.6 Å². The number of carboxylic acid groups (broad SMARTS) is 1. The summed E-state index contributed by atoms with van der Waals surface area (Å²) in [4.78, 5) is 33.3. The maximum atomic E-state index is 12.2. The minimum absolute atomic E-state index is 0.00103. The number of para-hydroxylation sites is 1. The van der Waals surface area contributed by atoms with Crippen molar-refractivity contribution in [1.29, 1.82) is 0 Å². The van der Waals surface area contributed by atoms with Crippen molar-refractivity contribution in [3.63, 3.8) is 0 Å². The molecule has 2 aromatic heterocycles. The SMILES string of the molecule is Cn1ccnc1Sc1ccc(/C=C2/CCCCc3c2nc2ccccc2c3C(=O)O)cc1[N+](=O)[O-]. The molecule has 35 heavy (non-hydrogen) atoms.